The van der Waals surface area contributed by atoms with Gasteiger partial charge in [0, 0.05) is 12.1 Å². The first-order chi connectivity index (χ1) is 12.4. The molecule has 0 radical (unpaired) electrons. The third kappa shape index (κ3) is 5.05. The van der Waals surface area contributed by atoms with E-state index < -0.39 is 18.3 Å². The number of methoxy groups -OCH3 is 2. The summed E-state index contributed by atoms with van der Waals surface area (Å²) in [5.41, 5.74) is 0.922. The molecule has 0 heterocycles. The zero-order valence-corrected chi connectivity index (χ0v) is 14.2. The largest absolute Gasteiger partial charge is 0.494 e. The van der Waals surface area contributed by atoms with Crippen LogP contribution in [0.3, 0.4) is 0 Å². The van der Waals surface area contributed by atoms with Crippen molar-refractivity contribution < 1.29 is 32.2 Å². The molecule has 2 rings (SSSR count). The fraction of sp³-hybridized carbons (Fsp3) is 0.278. The van der Waals surface area contributed by atoms with E-state index >= 15 is 0 Å². The monoisotopic (exact) mass is 369 g/mol. The van der Waals surface area contributed by atoms with Crippen molar-refractivity contribution in [2.45, 2.75) is 13.0 Å². The third-order valence-corrected chi connectivity index (χ3v) is 3.56. The van der Waals surface area contributed by atoms with Gasteiger partial charge in [-0.05, 0) is 42.3 Å². The molecule has 5 nitrogen and oxygen atoms in total. The molecule has 0 bridgehead atoms. The SMILES string of the molecule is COc1ccc(C(=O)NCCc2ccc(OC(F)F)c(OC)c2)cc1F. The Morgan fingerprint density at radius 2 is 1.73 bits per heavy atom. The second-order valence-electron chi connectivity index (χ2n) is 5.22. The van der Waals surface area contributed by atoms with Gasteiger partial charge in [-0.25, -0.2) is 4.39 Å². The molecule has 8 heteroatoms. The average Bonchev–Trinajstić information content (AvgIpc) is 2.62. The molecule has 0 unspecified atom stereocenters. The first-order valence-corrected chi connectivity index (χ1v) is 7.68. The van der Waals surface area contributed by atoms with Crippen molar-refractivity contribution in [1.82, 2.24) is 5.32 Å². The van der Waals surface area contributed by atoms with E-state index in [9.17, 15) is 18.0 Å². The van der Waals surface area contributed by atoms with Crippen molar-refractivity contribution in [3.63, 3.8) is 0 Å². The number of benzene rings is 2. The standard InChI is InChI=1S/C18H18F3NO4/c1-24-14-6-4-12(10-13(14)19)17(23)22-8-7-11-3-5-15(26-18(20)21)16(9-11)25-2/h3-6,9-10,18H,7-8H2,1-2H3,(H,22,23). The first kappa shape index (κ1) is 19.4. The Labute approximate surface area is 148 Å². The van der Waals surface area contributed by atoms with Gasteiger partial charge >= 0.3 is 6.61 Å². The molecule has 0 aliphatic heterocycles. The minimum Gasteiger partial charge on any atom is -0.494 e. The maximum Gasteiger partial charge on any atom is 0.387 e. The molecule has 0 fully saturated rings. The topological polar surface area (TPSA) is 56.8 Å². The molecule has 140 valence electrons. The van der Waals surface area contributed by atoms with Crippen molar-refractivity contribution in [3.8, 4) is 17.2 Å². The van der Waals surface area contributed by atoms with Gasteiger partial charge in [-0.1, -0.05) is 6.07 Å². The molecule has 1 amide bonds. The van der Waals surface area contributed by atoms with Gasteiger partial charge in [0.25, 0.3) is 5.91 Å². The van der Waals surface area contributed by atoms with Crippen molar-refractivity contribution in [2.75, 3.05) is 20.8 Å². The molecule has 0 saturated heterocycles. The van der Waals surface area contributed by atoms with Gasteiger partial charge in [-0.2, -0.15) is 8.78 Å². The Morgan fingerprint density at radius 1 is 1.04 bits per heavy atom. The van der Waals surface area contributed by atoms with Gasteiger partial charge in [-0.3, -0.25) is 4.79 Å². The molecular formula is C18H18F3NO4. The number of carbonyl (C=O) groups is 1. The summed E-state index contributed by atoms with van der Waals surface area (Å²) in [7, 11) is 2.68. The summed E-state index contributed by atoms with van der Waals surface area (Å²) < 4.78 is 52.4. The number of hydrogen-bond donors (Lipinski definition) is 1. The van der Waals surface area contributed by atoms with E-state index in [0.717, 1.165) is 11.6 Å². The summed E-state index contributed by atoms with van der Waals surface area (Å²) in [4.78, 5) is 12.0. The van der Waals surface area contributed by atoms with E-state index in [1.54, 1.807) is 12.1 Å². The zero-order valence-electron chi connectivity index (χ0n) is 14.2. The number of rotatable bonds is 8. The second-order valence-corrected chi connectivity index (χ2v) is 5.22. The molecular weight excluding hydrogens is 351 g/mol. The molecule has 2 aromatic carbocycles. The van der Waals surface area contributed by atoms with Gasteiger partial charge in [-0.15, -0.1) is 0 Å². The minimum absolute atomic E-state index is 0.0553. The molecule has 0 aliphatic carbocycles. The van der Waals surface area contributed by atoms with E-state index in [4.69, 9.17) is 9.47 Å². The van der Waals surface area contributed by atoms with E-state index in [2.05, 4.69) is 10.1 Å². The van der Waals surface area contributed by atoms with Crippen LogP contribution in [0.1, 0.15) is 15.9 Å². The van der Waals surface area contributed by atoms with Crippen LogP contribution in [0.25, 0.3) is 0 Å². The molecule has 0 aliphatic rings. The normalized spacial score (nSPS) is 10.5. The Hall–Kier alpha value is -2.90. The quantitative estimate of drug-likeness (QED) is 0.775. The highest BCUT2D eigenvalue weighted by Gasteiger charge is 2.12. The van der Waals surface area contributed by atoms with Crippen LogP contribution in [0, 0.1) is 5.82 Å². The van der Waals surface area contributed by atoms with Crippen LogP contribution in [-0.4, -0.2) is 33.3 Å². The van der Waals surface area contributed by atoms with Gasteiger partial charge in [0.1, 0.15) is 0 Å². The third-order valence-electron chi connectivity index (χ3n) is 3.56. The van der Waals surface area contributed by atoms with E-state index in [1.807, 2.05) is 0 Å². The zero-order chi connectivity index (χ0) is 19.1. The van der Waals surface area contributed by atoms with Gasteiger partial charge in [0.15, 0.2) is 23.1 Å². The van der Waals surface area contributed by atoms with Crippen molar-refractivity contribution in [1.29, 1.82) is 0 Å². The van der Waals surface area contributed by atoms with Crippen molar-refractivity contribution >= 4 is 5.91 Å². The van der Waals surface area contributed by atoms with Crippen LogP contribution in [0.5, 0.6) is 17.2 Å². The molecule has 0 aromatic heterocycles. The Bertz CT molecular complexity index is 768. The number of ether oxygens (including phenoxy) is 3. The summed E-state index contributed by atoms with van der Waals surface area (Å²) in [6.45, 7) is -2.68. The van der Waals surface area contributed by atoms with Gasteiger partial charge in [0.05, 0.1) is 14.2 Å². The lowest BCUT2D eigenvalue weighted by Gasteiger charge is -2.12. The highest BCUT2D eigenvalue weighted by atomic mass is 19.3. The summed E-state index contributed by atoms with van der Waals surface area (Å²) in [6.07, 6.45) is 0.426. The lowest BCUT2D eigenvalue weighted by molar-refractivity contribution is -0.0512. The molecule has 2 aromatic rings. The van der Waals surface area contributed by atoms with Crippen LogP contribution in [-0.2, 0) is 6.42 Å². The fourth-order valence-electron chi connectivity index (χ4n) is 2.29. The lowest BCUT2D eigenvalue weighted by Crippen LogP contribution is -2.25. The average molecular weight is 369 g/mol. The van der Waals surface area contributed by atoms with Crippen LogP contribution in [0.2, 0.25) is 0 Å². The first-order valence-electron chi connectivity index (χ1n) is 7.68. The van der Waals surface area contributed by atoms with Gasteiger partial charge in [0.2, 0.25) is 0 Å². The molecule has 26 heavy (non-hydrogen) atoms. The van der Waals surface area contributed by atoms with Crippen LogP contribution in [0.4, 0.5) is 13.2 Å². The van der Waals surface area contributed by atoms with E-state index in [1.165, 1.54) is 32.4 Å². The Kier molecular flexibility index (Phi) is 6.71. The predicted molar refractivity (Wildman–Crippen MR) is 88.6 cm³/mol. The summed E-state index contributed by atoms with van der Waals surface area (Å²) in [5.74, 6) is -0.897. The highest BCUT2D eigenvalue weighted by Crippen LogP contribution is 2.29. The fourth-order valence-corrected chi connectivity index (χ4v) is 2.29. The smallest absolute Gasteiger partial charge is 0.387 e. The van der Waals surface area contributed by atoms with E-state index in [-0.39, 0.29) is 29.4 Å². The molecule has 0 atom stereocenters. The second kappa shape index (κ2) is 8.98. The number of carbonyl (C=O) groups excluding carboxylic acids is 1. The summed E-state index contributed by atoms with van der Waals surface area (Å²) in [6, 6.07) is 8.44. The number of nitrogens with one attached hydrogen (secondary N) is 1. The van der Waals surface area contributed by atoms with Crippen LogP contribution >= 0.6 is 0 Å². The van der Waals surface area contributed by atoms with Crippen molar-refractivity contribution in [2.24, 2.45) is 0 Å². The molecule has 0 spiro atoms. The highest BCUT2D eigenvalue weighted by molar-refractivity contribution is 5.94. The lowest BCUT2D eigenvalue weighted by atomic mass is 10.1. The Balaban J connectivity index is 1.94. The number of alkyl halides is 2. The van der Waals surface area contributed by atoms with E-state index in [0.29, 0.717) is 6.42 Å². The summed E-state index contributed by atoms with van der Waals surface area (Å²) in [5, 5.41) is 2.66. The van der Waals surface area contributed by atoms with Gasteiger partial charge < -0.3 is 19.5 Å². The van der Waals surface area contributed by atoms with Crippen LogP contribution in [0.15, 0.2) is 36.4 Å². The number of halogens is 3. The molecule has 0 saturated carbocycles. The summed E-state index contributed by atoms with van der Waals surface area (Å²) >= 11 is 0. The number of hydrogen-bond acceptors (Lipinski definition) is 4. The molecule has 1 N–H and O–H groups in total. The maximum atomic E-state index is 13.6. The van der Waals surface area contributed by atoms with Crippen LogP contribution < -0.4 is 19.5 Å². The maximum absolute atomic E-state index is 13.6. The Morgan fingerprint density at radius 3 is 2.35 bits per heavy atom. The number of amides is 1. The van der Waals surface area contributed by atoms with Crippen molar-refractivity contribution in [3.05, 3.63) is 53.3 Å². The predicted octanol–water partition coefficient (Wildman–Crippen LogP) is 3.42. The minimum atomic E-state index is -2.95.